The molecule has 2 amide bonds. The molecule has 1 saturated heterocycles. The summed E-state index contributed by atoms with van der Waals surface area (Å²) in [4.78, 5) is 49.1. The van der Waals surface area contributed by atoms with E-state index in [-0.39, 0.29) is 36.0 Å². The van der Waals surface area contributed by atoms with E-state index in [1.807, 2.05) is 0 Å². The van der Waals surface area contributed by atoms with Crippen LogP contribution < -0.4 is 4.74 Å². The number of likely N-dealkylation sites (N-methyl/N-ethyl adjacent to an activating group) is 1. The molecule has 10 heteroatoms. The topological polar surface area (TPSA) is 130 Å². The van der Waals surface area contributed by atoms with E-state index in [4.69, 9.17) is 9.84 Å². The van der Waals surface area contributed by atoms with Gasteiger partial charge in [-0.15, -0.1) is 0 Å². The average molecular weight is 379 g/mol. The van der Waals surface area contributed by atoms with Gasteiger partial charge < -0.3 is 19.6 Å². The molecule has 1 atom stereocenters. The molecule has 0 spiro atoms. The molecule has 0 aromatic heterocycles. The number of aliphatic carboxylic acids is 1. The molecule has 1 aliphatic heterocycles. The highest BCUT2D eigenvalue weighted by atomic mass is 16.6. The highest BCUT2D eigenvalue weighted by Crippen LogP contribution is 2.25. The Morgan fingerprint density at radius 2 is 2.11 bits per heavy atom. The van der Waals surface area contributed by atoms with E-state index in [2.05, 4.69) is 0 Å². The minimum atomic E-state index is -0.946. The number of rotatable bonds is 6. The lowest BCUT2D eigenvalue weighted by Gasteiger charge is -2.32. The third-order valence-corrected chi connectivity index (χ3v) is 4.47. The molecule has 10 nitrogen and oxygen atoms in total. The summed E-state index contributed by atoms with van der Waals surface area (Å²) >= 11 is 0. The zero-order valence-corrected chi connectivity index (χ0v) is 15.1. The molecule has 1 fully saturated rings. The van der Waals surface area contributed by atoms with Crippen LogP contribution in [0.4, 0.5) is 5.69 Å². The Hall–Kier alpha value is -3.17. The van der Waals surface area contributed by atoms with Crippen molar-refractivity contribution in [3.63, 3.8) is 0 Å². The summed E-state index contributed by atoms with van der Waals surface area (Å²) in [6, 6.07) is 3.65. The van der Waals surface area contributed by atoms with Gasteiger partial charge in [-0.25, -0.2) is 0 Å². The van der Waals surface area contributed by atoms with Gasteiger partial charge in [-0.3, -0.25) is 24.5 Å². The fourth-order valence-corrected chi connectivity index (χ4v) is 2.96. The van der Waals surface area contributed by atoms with Crippen molar-refractivity contribution < 1.29 is 29.2 Å². The summed E-state index contributed by atoms with van der Waals surface area (Å²) in [5.41, 5.74) is -0.289. The largest absolute Gasteiger partial charge is 0.496 e. The standard InChI is InChI=1S/C17H21N3O7/c1-18(10-15(21)19-7-3-4-11(9-19)17(23)24)16(22)13-8-12(20(25)26)5-6-14(13)27-2/h5-6,8,11H,3-4,7,9-10H2,1-2H3,(H,23,24). The van der Waals surface area contributed by atoms with Crippen molar-refractivity contribution in [1.29, 1.82) is 0 Å². The van der Waals surface area contributed by atoms with Crippen LogP contribution in [0.3, 0.4) is 0 Å². The van der Waals surface area contributed by atoms with Gasteiger partial charge in [-0.05, 0) is 18.9 Å². The van der Waals surface area contributed by atoms with Crippen molar-refractivity contribution in [2.75, 3.05) is 33.8 Å². The van der Waals surface area contributed by atoms with Gasteiger partial charge in [0.1, 0.15) is 5.75 Å². The van der Waals surface area contributed by atoms with Crippen molar-refractivity contribution in [2.24, 2.45) is 5.92 Å². The first-order chi connectivity index (χ1) is 12.7. The summed E-state index contributed by atoms with van der Waals surface area (Å²) in [5.74, 6) is -2.37. The van der Waals surface area contributed by atoms with E-state index in [0.29, 0.717) is 19.4 Å². The Morgan fingerprint density at radius 3 is 2.70 bits per heavy atom. The van der Waals surface area contributed by atoms with Gasteiger partial charge in [-0.2, -0.15) is 0 Å². The fourth-order valence-electron chi connectivity index (χ4n) is 2.96. The zero-order valence-electron chi connectivity index (χ0n) is 15.1. The average Bonchev–Trinajstić information content (AvgIpc) is 2.66. The normalized spacial score (nSPS) is 16.5. The number of nitro groups is 1. The number of hydrogen-bond acceptors (Lipinski definition) is 6. The number of carbonyl (C=O) groups excluding carboxylic acids is 2. The van der Waals surface area contributed by atoms with E-state index >= 15 is 0 Å². The number of hydrogen-bond donors (Lipinski definition) is 1. The molecule has 0 saturated carbocycles. The van der Waals surface area contributed by atoms with Crippen LogP contribution in [0.1, 0.15) is 23.2 Å². The number of carbonyl (C=O) groups is 3. The first-order valence-corrected chi connectivity index (χ1v) is 8.33. The smallest absolute Gasteiger partial charge is 0.308 e. The Morgan fingerprint density at radius 1 is 1.41 bits per heavy atom. The van der Waals surface area contributed by atoms with E-state index in [1.54, 1.807) is 0 Å². The molecule has 0 radical (unpaired) electrons. The highest BCUT2D eigenvalue weighted by molar-refractivity contribution is 5.99. The highest BCUT2D eigenvalue weighted by Gasteiger charge is 2.29. The van der Waals surface area contributed by atoms with Crippen molar-refractivity contribution in [3.05, 3.63) is 33.9 Å². The second kappa shape index (κ2) is 8.47. The molecule has 1 aromatic carbocycles. The first-order valence-electron chi connectivity index (χ1n) is 8.33. The number of methoxy groups -OCH3 is 1. The van der Waals surface area contributed by atoms with Crippen molar-refractivity contribution >= 4 is 23.5 Å². The van der Waals surface area contributed by atoms with E-state index in [9.17, 15) is 24.5 Å². The second-order valence-corrected chi connectivity index (χ2v) is 6.32. The molecule has 0 bridgehead atoms. The van der Waals surface area contributed by atoms with E-state index in [1.165, 1.54) is 31.2 Å². The molecule has 27 heavy (non-hydrogen) atoms. The molecule has 1 N–H and O–H groups in total. The van der Waals surface area contributed by atoms with Crippen molar-refractivity contribution in [3.8, 4) is 5.75 Å². The third kappa shape index (κ3) is 4.72. The Balaban J connectivity index is 2.11. The van der Waals surface area contributed by atoms with Crippen molar-refractivity contribution in [1.82, 2.24) is 9.80 Å². The van der Waals surface area contributed by atoms with E-state index in [0.717, 1.165) is 11.0 Å². The number of carboxylic acids is 1. The number of piperidine rings is 1. The van der Waals surface area contributed by atoms with Crippen LogP contribution in [0.2, 0.25) is 0 Å². The lowest BCUT2D eigenvalue weighted by Crippen LogP contribution is -2.46. The maximum Gasteiger partial charge on any atom is 0.308 e. The van der Waals surface area contributed by atoms with Gasteiger partial charge in [0.25, 0.3) is 11.6 Å². The number of benzene rings is 1. The van der Waals surface area contributed by atoms with Crippen LogP contribution in [-0.4, -0.2) is 71.4 Å². The monoisotopic (exact) mass is 379 g/mol. The van der Waals surface area contributed by atoms with Crippen LogP contribution in [0, 0.1) is 16.0 Å². The summed E-state index contributed by atoms with van der Waals surface area (Å²) in [6.07, 6.45) is 1.10. The predicted molar refractivity (Wildman–Crippen MR) is 93.5 cm³/mol. The van der Waals surface area contributed by atoms with E-state index < -0.39 is 22.7 Å². The summed E-state index contributed by atoms with van der Waals surface area (Å²) in [6.45, 7) is 0.276. The molecule has 1 heterocycles. The zero-order chi connectivity index (χ0) is 20.1. The Bertz CT molecular complexity index is 765. The Labute approximate surface area is 155 Å². The van der Waals surface area contributed by atoms with Crippen LogP contribution in [-0.2, 0) is 9.59 Å². The number of ether oxygens (including phenoxy) is 1. The lowest BCUT2D eigenvalue weighted by atomic mass is 9.98. The minimum absolute atomic E-state index is 0.0240. The molecular weight excluding hydrogens is 358 g/mol. The molecule has 2 rings (SSSR count). The predicted octanol–water partition coefficient (Wildman–Crippen LogP) is 0.999. The number of nitro benzene ring substituents is 1. The number of amides is 2. The van der Waals surface area contributed by atoms with Crippen LogP contribution in [0.25, 0.3) is 0 Å². The molecule has 0 aliphatic carbocycles. The SMILES string of the molecule is COc1ccc([N+](=O)[O-])cc1C(=O)N(C)CC(=O)N1CCCC(C(=O)O)C1. The fraction of sp³-hybridized carbons (Fsp3) is 0.471. The van der Waals surface area contributed by atoms with Gasteiger partial charge in [0.15, 0.2) is 0 Å². The number of likely N-dealkylation sites (tertiary alicyclic amines) is 1. The van der Waals surface area contributed by atoms with Gasteiger partial charge >= 0.3 is 5.97 Å². The van der Waals surface area contributed by atoms with Gasteiger partial charge in [-0.1, -0.05) is 0 Å². The maximum absolute atomic E-state index is 12.6. The number of non-ortho nitro benzene ring substituents is 1. The quantitative estimate of drug-likeness (QED) is 0.576. The van der Waals surface area contributed by atoms with Crippen LogP contribution in [0.15, 0.2) is 18.2 Å². The summed E-state index contributed by atoms with van der Waals surface area (Å²) in [7, 11) is 2.74. The van der Waals surface area contributed by atoms with Gasteiger partial charge in [0.2, 0.25) is 5.91 Å². The van der Waals surface area contributed by atoms with Gasteiger partial charge in [0.05, 0.1) is 30.1 Å². The maximum atomic E-state index is 12.6. The molecule has 146 valence electrons. The molecule has 1 aliphatic rings. The minimum Gasteiger partial charge on any atom is -0.496 e. The second-order valence-electron chi connectivity index (χ2n) is 6.32. The molecule has 1 aromatic rings. The summed E-state index contributed by atoms with van der Waals surface area (Å²) in [5, 5.41) is 20.1. The van der Waals surface area contributed by atoms with Gasteiger partial charge in [0, 0.05) is 32.3 Å². The molecule has 1 unspecified atom stereocenters. The van der Waals surface area contributed by atoms with Crippen molar-refractivity contribution in [2.45, 2.75) is 12.8 Å². The third-order valence-electron chi connectivity index (χ3n) is 4.47. The first kappa shape index (κ1) is 20.1. The molecular formula is C17H21N3O7. The number of carboxylic acid groups (broad SMARTS) is 1. The number of nitrogens with zero attached hydrogens (tertiary/aromatic N) is 3. The summed E-state index contributed by atoms with van der Waals surface area (Å²) < 4.78 is 5.08. The lowest BCUT2D eigenvalue weighted by molar-refractivity contribution is -0.384. The van der Waals surface area contributed by atoms with Crippen LogP contribution in [0.5, 0.6) is 5.75 Å². The Kier molecular flexibility index (Phi) is 6.32. The van der Waals surface area contributed by atoms with Crippen LogP contribution >= 0.6 is 0 Å².